The van der Waals surface area contributed by atoms with Gasteiger partial charge in [-0.15, -0.1) is 11.3 Å². The van der Waals surface area contributed by atoms with Gasteiger partial charge in [0.25, 0.3) is 0 Å². The van der Waals surface area contributed by atoms with Crippen molar-refractivity contribution in [1.29, 1.82) is 0 Å². The van der Waals surface area contributed by atoms with Crippen molar-refractivity contribution >= 4 is 50.1 Å². The Morgan fingerprint density at radius 2 is 1.79 bits per heavy atom. The summed E-state index contributed by atoms with van der Waals surface area (Å²) in [5, 5.41) is 0. The fraction of sp³-hybridized carbons (Fsp3) is 0.462. The van der Waals surface area contributed by atoms with Crippen LogP contribution in [-0.4, -0.2) is 23.3 Å². The topological polar surface area (TPSA) is 31.4 Å². The highest BCUT2D eigenvalue weighted by Gasteiger charge is 2.52. The largest absolute Gasteiger partial charge is 0.497 e. The predicted octanol–water partition coefficient (Wildman–Crippen LogP) is 3.36. The number of para-hydroxylation sites is 1. The number of rotatable bonds is 1. The smallest absolute Gasteiger partial charge is 0.399 e. The van der Waals surface area contributed by atoms with Gasteiger partial charge in [-0.05, 0) is 49.7 Å². The van der Waals surface area contributed by atoms with E-state index < -0.39 is 0 Å². The van der Waals surface area contributed by atoms with E-state index in [0.717, 1.165) is 19.6 Å². The molecule has 100 valence electrons. The molecular formula is C13H15BBrNO2S. The standard InChI is InChI=1S/C13H15BBrNO2S/c1-12(2)13(3,4)18-14(17-12)8-6-5-7-9-10(8)16-11(15)19-9/h5-7H,1-4H3. The van der Waals surface area contributed by atoms with Gasteiger partial charge in [0.2, 0.25) is 0 Å². The van der Waals surface area contributed by atoms with E-state index in [4.69, 9.17) is 9.31 Å². The summed E-state index contributed by atoms with van der Waals surface area (Å²) in [7, 11) is -0.359. The maximum atomic E-state index is 6.09. The summed E-state index contributed by atoms with van der Waals surface area (Å²) in [5.74, 6) is 0. The fourth-order valence-corrected chi connectivity index (χ4v) is 3.53. The van der Waals surface area contributed by atoms with Crippen molar-refractivity contribution in [3.05, 3.63) is 22.1 Å². The highest BCUT2D eigenvalue weighted by Crippen LogP contribution is 2.37. The van der Waals surface area contributed by atoms with Crippen LogP contribution in [0.25, 0.3) is 10.2 Å². The van der Waals surface area contributed by atoms with Gasteiger partial charge in [0.05, 0.1) is 21.4 Å². The molecule has 0 radical (unpaired) electrons. The SMILES string of the molecule is CC1(C)OB(c2cccc3sc(Br)nc23)OC1(C)C. The molecule has 1 aromatic heterocycles. The van der Waals surface area contributed by atoms with Crippen LogP contribution in [0.15, 0.2) is 22.1 Å². The molecule has 1 fully saturated rings. The molecule has 0 bridgehead atoms. The van der Waals surface area contributed by atoms with Gasteiger partial charge in [0.15, 0.2) is 3.92 Å². The number of benzene rings is 1. The van der Waals surface area contributed by atoms with Crippen LogP contribution >= 0.6 is 27.3 Å². The lowest BCUT2D eigenvalue weighted by Crippen LogP contribution is -2.41. The van der Waals surface area contributed by atoms with Gasteiger partial charge in [0, 0.05) is 5.46 Å². The summed E-state index contributed by atoms with van der Waals surface area (Å²) in [4.78, 5) is 4.53. The Balaban J connectivity index is 2.07. The van der Waals surface area contributed by atoms with Gasteiger partial charge >= 0.3 is 7.12 Å². The molecule has 1 aliphatic rings. The molecule has 0 spiro atoms. The highest BCUT2D eigenvalue weighted by atomic mass is 79.9. The minimum atomic E-state index is -0.359. The van der Waals surface area contributed by atoms with Gasteiger partial charge in [-0.2, -0.15) is 0 Å². The number of nitrogens with zero attached hydrogens (tertiary/aromatic N) is 1. The van der Waals surface area contributed by atoms with Crippen molar-refractivity contribution in [1.82, 2.24) is 4.98 Å². The zero-order valence-electron chi connectivity index (χ0n) is 11.4. The normalized spacial score (nSPS) is 21.2. The summed E-state index contributed by atoms with van der Waals surface area (Å²) >= 11 is 5.06. The monoisotopic (exact) mass is 339 g/mol. The second kappa shape index (κ2) is 4.28. The molecular weight excluding hydrogens is 325 g/mol. The third-order valence-electron chi connectivity index (χ3n) is 3.93. The molecule has 0 N–H and O–H groups in total. The van der Waals surface area contributed by atoms with Crippen LogP contribution in [0.3, 0.4) is 0 Å². The molecule has 6 heteroatoms. The predicted molar refractivity (Wildman–Crippen MR) is 83.0 cm³/mol. The second-order valence-corrected chi connectivity index (χ2v) is 8.06. The lowest BCUT2D eigenvalue weighted by Gasteiger charge is -2.32. The second-order valence-electron chi connectivity index (χ2n) is 5.75. The average molecular weight is 340 g/mol. The first-order valence-corrected chi connectivity index (χ1v) is 7.82. The molecule has 1 aliphatic heterocycles. The number of thiazole rings is 1. The molecule has 0 amide bonds. The molecule has 3 nitrogen and oxygen atoms in total. The first kappa shape index (κ1) is 13.6. The number of hydrogen-bond donors (Lipinski definition) is 0. The van der Waals surface area contributed by atoms with Crippen LogP contribution < -0.4 is 5.46 Å². The van der Waals surface area contributed by atoms with Crippen molar-refractivity contribution in [3.8, 4) is 0 Å². The molecule has 19 heavy (non-hydrogen) atoms. The molecule has 2 heterocycles. The molecule has 1 aromatic carbocycles. The molecule has 2 aromatic rings. The third kappa shape index (κ3) is 2.15. The van der Waals surface area contributed by atoms with E-state index in [1.165, 1.54) is 0 Å². The Morgan fingerprint density at radius 3 is 2.42 bits per heavy atom. The maximum Gasteiger partial charge on any atom is 0.497 e. The van der Waals surface area contributed by atoms with Crippen LogP contribution in [0.2, 0.25) is 0 Å². The number of hydrogen-bond acceptors (Lipinski definition) is 4. The van der Waals surface area contributed by atoms with Gasteiger partial charge in [0.1, 0.15) is 0 Å². The van der Waals surface area contributed by atoms with Crippen LogP contribution in [0, 0.1) is 0 Å². The Labute approximate surface area is 125 Å². The van der Waals surface area contributed by atoms with Gasteiger partial charge in [-0.1, -0.05) is 12.1 Å². The summed E-state index contributed by atoms with van der Waals surface area (Å²) in [6, 6.07) is 6.11. The molecule has 0 saturated carbocycles. The number of fused-ring (bicyclic) bond motifs is 1. The lowest BCUT2D eigenvalue weighted by molar-refractivity contribution is 0.00578. The van der Waals surface area contributed by atoms with Gasteiger partial charge in [-0.3, -0.25) is 0 Å². The zero-order chi connectivity index (χ0) is 13.8. The van der Waals surface area contributed by atoms with E-state index in [1.54, 1.807) is 11.3 Å². The first-order chi connectivity index (χ1) is 8.80. The minimum Gasteiger partial charge on any atom is -0.399 e. The van der Waals surface area contributed by atoms with Crippen LogP contribution in [0.5, 0.6) is 0 Å². The van der Waals surface area contributed by atoms with Gasteiger partial charge in [-0.25, -0.2) is 4.98 Å². The average Bonchev–Trinajstić information content (AvgIpc) is 2.75. The van der Waals surface area contributed by atoms with Crippen LogP contribution in [0.1, 0.15) is 27.7 Å². The van der Waals surface area contributed by atoms with E-state index in [2.05, 4.69) is 54.7 Å². The van der Waals surface area contributed by atoms with E-state index >= 15 is 0 Å². The quantitative estimate of drug-likeness (QED) is 0.746. The van der Waals surface area contributed by atoms with Gasteiger partial charge < -0.3 is 9.31 Å². The van der Waals surface area contributed by atoms with E-state index in [0.29, 0.717) is 0 Å². The zero-order valence-corrected chi connectivity index (χ0v) is 13.8. The first-order valence-electron chi connectivity index (χ1n) is 6.21. The highest BCUT2D eigenvalue weighted by molar-refractivity contribution is 9.11. The number of halogens is 1. The van der Waals surface area contributed by atoms with E-state index in [-0.39, 0.29) is 18.3 Å². The maximum absolute atomic E-state index is 6.09. The van der Waals surface area contributed by atoms with Crippen molar-refractivity contribution in [2.45, 2.75) is 38.9 Å². The molecule has 0 aliphatic carbocycles. The molecule has 1 saturated heterocycles. The van der Waals surface area contributed by atoms with Crippen molar-refractivity contribution in [2.75, 3.05) is 0 Å². The molecule has 0 atom stereocenters. The summed E-state index contributed by atoms with van der Waals surface area (Å²) in [5.41, 5.74) is 1.30. The Kier molecular flexibility index (Phi) is 3.06. The van der Waals surface area contributed by atoms with E-state index in [1.807, 2.05) is 12.1 Å². The summed E-state index contributed by atoms with van der Waals surface area (Å²) in [6.45, 7) is 8.24. The molecule has 3 rings (SSSR count). The fourth-order valence-electron chi connectivity index (χ4n) is 2.10. The summed E-state index contributed by atoms with van der Waals surface area (Å²) < 4.78 is 14.2. The summed E-state index contributed by atoms with van der Waals surface area (Å²) in [6.07, 6.45) is 0. The van der Waals surface area contributed by atoms with Crippen molar-refractivity contribution in [2.24, 2.45) is 0 Å². The Hall–Kier alpha value is -0.425. The third-order valence-corrected chi connectivity index (χ3v) is 5.40. The molecule has 0 unspecified atom stereocenters. The van der Waals surface area contributed by atoms with Crippen LogP contribution in [-0.2, 0) is 9.31 Å². The Morgan fingerprint density at radius 1 is 1.16 bits per heavy atom. The van der Waals surface area contributed by atoms with Crippen LogP contribution in [0.4, 0.5) is 0 Å². The number of aromatic nitrogens is 1. The van der Waals surface area contributed by atoms with Crippen molar-refractivity contribution < 1.29 is 9.31 Å². The lowest BCUT2D eigenvalue weighted by atomic mass is 9.78. The van der Waals surface area contributed by atoms with E-state index in [9.17, 15) is 0 Å². The van der Waals surface area contributed by atoms with Crippen molar-refractivity contribution in [3.63, 3.8) is 0 Å². The Bertz CT molecular complexity index is 625. The minimum absolute atomic E-state index is 0.326.